The van der Waals surface area contributed by atoms with E-state index in [9.17, 15) is 9.46 Å². The fourth-order valence-corrected chi connectivity index (χ4v) is 6.74. The van der Waals surface area contributed by atoms with E-state index in [0.717, 1.165) is 58.0 Å². The smallest absolute Gasteiger partial charge is 0.302 e. The zero-order chi connectivity index (χ0) is 31.0. The summed E-state index contributed by atoms with van der Waals surface area (Å²) in [5, 5.41) is 0. The van der Waals surface area contributed by atoms with Crippen LogP contribution < -0.4 is 0 Å². The zero-order valence-corrected chi connectivity index (χ0v) is 30.0. The number of rotatable bonds is 35. The Morgan fingerprint density at radius 3 is 1.24 bits per heavy atom. The van der Waals surface area contributed by atoms with Crippen molar-refractivity contribution < 1.29 is 18.5 Å². The Balaban J connectivity index is 4.95. The van der Waals surface area contributed by atoms with Gasteiger partial charge in [-0.25, -0.2) is 4.57 Å². The molecule has 0 fully saturated rings. The van der Waals surface area contributed by atoms with Gasteiger partial charge in [-0.1, -0.05) is 175 Å². The summed E-state index contributed by atoms with van der Waals surface area (Å²) >= 11 is 0. The molecule has 0 spiro atoms. The topological polar surface area (TPSA) is 59.0 Å². The van der Waals surface area contributed by atoms with Crippen molar-refractivity contribution in [1.82, 2.24) is 4.90 Å². The van der Waals surface area contributed by atoms with E-state index in [-0.39, 0.29) is 6.23 Å². The average molecular weight is 618 g/mol. The van der Waals surface area contributed by atoms with Gasteiger partial charge < -0.3 is 4.89 Å². The molecule has 0 rings (SSSR count). The molecule has 0 aliphatic heterocycles. The van der Waals surface area contributed by atoms with Gasteiger partial charge in [0.2, 0.25) is 0 Å². The highest BCUT2D eigenvalue weighted by Gasteiger charge is 2.30. The van der Waals surface area contributed by atoms with Gasteiger partial charge in [0.25, 0.3) is 0 Å². The Bertz CT molecular complexity index is 557. The Labute approximate surface area is 264 Å². The van der Waals surface area contributed by atoms with Crippen LogP contribution in [0.3, 0.4) is 0 Å². The summed E-state index contributed by atoms with van der Waals surface area (Å²) in [4.78, 5) is 13.1. The Morgan fingerprint density at radius 2 is 0.833 bits per heavy atom. The summed E-state index contributed by atoms with van der Waals surface area (Å²) in [6, 6.07) is 0. The molecule has 0 aromatic carbocycles. The van der Waals surface area contributed by atoms with Crippen LogP contribution in [0.1, 0.15) is 207 Å². The second-order valence-corrected chi connectivity index (χ2v) is 14.2. The first-order chi connectivity index (χ1) is 20.5. The van der Waals surface area contributed by atoms with E-state index in [1.165, 1.54) is 135 Å². The average Bonchev–Trinajstić information content (AvgIpc) is 2.97. The highest BCUT2D eigenvalue weighted by atomic mass is 31.2. The molecule has 0 aliphatic rings. The molecule has 0 amide bonds. The minimum atomic E-state index is -4.09. The first kappa shape index (κ1) is 42.1. The van der Waals surface area contributed by atoms with Crippen molar-refractivity contribution in [3.8, 4) is 0 Å². The van der Waals surface area contributed by atoms with E-state index in [1.807, 2.05) is 0 Å². The molecule has 0 aromatic heterocycles. The van der Waals surface area contributed by atoms with Gasteiger partial charge in [0.05, 0.1) is 6.61 Å². The Kier molecular flexibility index (Phi) is 32.5. The summed E-state index contributed by atoms with van der Waals surface area (Å²) in [5.74, 6) is 0. The van der Waals surface area contributed by atoms with Crippen molar-refractivity contribution in [1.29, 1.82) is 0 Å². The summed E-state index contributed by atoms with van der Waals surface area (Å²) in [6.45, 7) is 11.2. The normalized spacial score (nSPS) is 14.0. The molecule has 0 bridgehead atoms. The highest BCUT2D eigenvalue weighted by Crippen LogP contribution is 2.46. The number of unbranched alkanes of at least 4 members (excludes halogenated alkanes) is 23. The van der Waals surface area contributed by atoms with Crippen LogP contribution in [0.25, 0.3) is 0 Å². The van der Waals surface area contributed by atoms with Crippen molar-refractivity contribution in [3.63, 3.8) is 0 Å². The quantitative estimate of drug-likeness (QED) is 0.0435. The van der Waals surface area contributed by atoms with E-state index in [1.54, 1.807) is 0 Å². The maximum absolute atomic E-state index is 13.1. The molecule has 0 saturated carbocycles. The molecule has 1 N–H and O–H groups in total. The van der Waals surface area contributed by atoms with Crippen LogP contribution in [-0.4, -0.2) is 35.7 Å². The second kappa shape index (κ2) is 32.5. The standard InChI is InChI=1S/C36H76NO4P/c1-5-9-13-17-20-22-25-29-33-37(34-30-26-23-21-18-14-10-6-2)36(32-28-16-12-8-4)41-42(38,39)40-35-31-27-24-19-15-11-7-3/h36H,5-35H2,1-4H3,(H,38,39). The number of phosphoric ester groups is 1. The predicted molar refractivity (Wildman–Crippen MR) is 184 cm³/mol. The van der Waals surface area contributed by atoms with E-state index in [0.29, 0.717) is 6.61 Å². The van der Waals surface area contributed by atoms with Gasteiger partial charge in [-0.05, 0) is 32.1 Å². The molecule has 2 unspecified atom stereocenters. The lowest BCUT2D eigenvalue weighted by Crippen LogP contribution is -2.38. The van der Waals surface area contributed by atoms with Gasteiger partial charge >= 0.3 is 7.82 Å². The minimum Gasteiger partial charge on any atom is -0.302 e. The van der Waals surface area contributed by atoms with Gasteiger partial charge in [0, 0.05) is 13.1 Å². The lowest BCUT2D eigenvalue weighted by atomic mass is 10.1. The second-order valence-electron chi connectivity index (χ2n) is 12.8. The number of phosphoric acid groups is 1. The summed E-state index contributed by atoms with van der Waals surface area (Å²) in [5.41, 5.74) is 0. The minimum absolute atomic E-state index is 0.306. The summed E-state index contributed by atoms with van der Waals surface area (Å²) in [6.07, 6.45) is 33.8. The van der Waals surface area contributed by atoms with Crippen LogP contribution in [0.2, 0.25) is 0 Å². The van der Waals surface area contributed by atoms with Gasteiger partial charge in [0.1, 0.15) is 6.23 Å². The third kappa shape index (κ3) is 28.8. The maximum Gasteiger partial charge on any atom is 0.473 e. The highest BCUT2D eigenvalue weighted by molar-refractivity contribution is 7.47. The maximum atomic E-state index is 13.1. The van der Waals surface area contributed by atoms with E-state index in [4.69, 9.17) is 9.05 Å². The van der Waals surface area contributed by atoms with Crippen LogP contribution >= 0.6 is 7.82 Å². The molecule has 0 aromatic rings. The Hall–Kier alpha value is 0.0700. The molecule has 6 heteroatoms. The zero-order valence-electron chi connectivity index (χ0n) is 29.1. The third-order valence-corrected chi connectivity index (χ3v) is 9.59. The van der Waals surface area contributed by atoms with Crippen LogP contribution in [-0.2, 0) is 13.6 Å². The molecular formula is C36H76NO4P. The third-order valence-electron chi connectivity index (χ3n) is 8.57. The largest absolute Gasteiger partial charge is 0.473 e. The molecule has 42 heavy (non-hydrogen) atoms. The fraction of sp³-hybridized carbons (Fsp3) is 1.00. The number of hydrogen-bond donors (Lipinski definition) is 1. The number of nitrogens with zero attached hydrogens (tertiary/aromatic N) is 1. The van der Waals surface area contributed by atoms with Gasteiger partial charge in [-0.3, -0.25) is 13.9 Å². The van der Waals surface area contributed by atoms with Gasteiger partial charge in [0.15, 0.2) is 0 Å². The van der Waals surface area contributed by atoms with Crippen LogP contribution in [0.5, 0.6) is 0 Å². The molecule has 0 aliphatic carbocycles. The van der Waals surface area contributed by atoms with Crippen molar-refractivity contribution in [2.24, 2.45) is 0 Å². The first-order valence-electron chi connectivity index (χ1n) is 18.9. The van der Waals surface area contributed by atoms with Crippen molar-refractivity contribution in [2.45, 2.75) is 214 Å². The summed E-state index contributed by atoms with van der Waals surface area (Å²) < 4.78 is 24.6. The van der Waals surface area contributed by atoms with E-state index >= 15 is 0 Å². The van der Waals surface area contributed by atoms with Gasteiger partial charge in [-0.15, -0.1) is 0 Å². The van der Waals surface area contributed by atoms with Crippen LogP contribution in [0.15, 0.2) is 0 Å². The molecule has 5 nitrogen and oxygen atoms in total. The first-order valence-corrected chi connectivity index (χ1v) is 20.4. The Morgan fingerprint density at radius 1 is 0.500 bits per heavy atom. The monoisotopic (exact) mass is 618 g/mol. The van der Waals surface area contributed by atoms with Crippen molar-refractivity contribution in [3.05, 3.63) is 0 Å². The van der Waals surface area contributed by atoms with Gasteiger partial charge in [-0.2, -0.15) is 0 Å². The van der Waals surface area contributed by atoms with Crippen LogP contribution in [0.4, 0.5) is 0 Å². The van der Waals surface area contributed by atoms with Crippen molar-refractivity contribution >= 4 is 7.82 Å². The molecule has 0 heterocycles. The molecule has 254 valence electrons. The van der Waals surface area contributed by atoms with E-state index in [2.05, 4.69) is 32.6 Å². The fourth-order valence-electron chi connectivity index (χ4n) is 5.77. The molecule has 0 radical (unpaired) electrons. The summed E-state index contributed by atoms with van der Waals surface area (Å²) in [7, 11) is -4.09. The van der Waals surface area contributed by atoms with E-state index < -0.39 is 7.82 Å². The molecule has 2 atom stereocenters. The molecule has 0 saturated heterocycles. The lowest BCUT2D eigenvalue weighted by Gasteiger charge is -2.32. The van der Waals surface area contributed by atoms with Crippen LogP contribution in [0, 0.1) is 0 Å². The molecular weight excluding hydrogens is 541 g/mol. The van der Waals surface area contributed by atoms with Crippen molar-refractivity contribution in [2.75, 3.05) is 19.7 Å². The predicted octanol–water partition coefficient (Wildman–Crippen LogP) is 12.8. The lowest BCUT2D eigenvalue weighted by molar-refractivity contribution is -0.0135. The number of hydrogen-bond acceptors (Lipinski definition) is 4. The SMILES string of the molecule is CCCCCCCCCCN(CCCCCCCCCC)C(CCCCCC)OP(=O)(O)OCCCCCCCCC.